The summed E-state index contributed by atoms with van der Waals surface area (Å²) in [5, 5.41) is 1.86. The van der Waals surface area contributed by atoms with Crippen LogP contribution in [0.2, 0.25) is 0 Å². The van der Waals surface area contributed by atoms with Crippen molar-refractivity contribution in [3.8, 4) is 0 Å². The van der Waals surface area contributed by atoms with Crippen molar-refractivity contribution in [1.29, 1.82) is 0 Å². The van der Waals surface area contributed by atoms with E-state index < -0.39 is 0 Å². The summed E-state index contributed by atoms with van der Waals surface area (Å²) in [7, 11) is 0. The molecule has 1 aliphatic rings. The van der Waals surface area contributed by atoms with Crippen LogP contribution in [0.25, 0.3) is 0 Å². The number of hydrogen-bond acceptors (Lipinski definition) is 3. The van der Waals surface area contributed by atoms with E-state index in [0.29, 0.717) is 24.4 Å². The molecule has 0 saturated carbocycles. The lowest BCUT2D eigenvalue weighted by Gasteiger charge is -2.14. The predicted molar refractivity (Wildman–Crippen MR) is 65.2 cm³/mol. The molecule has 4 nitrogen and oxygen atoms in total. The number of thiophene rings is 1. The molecule has 2 N–H and O–H groups in total. The maximum Gasteiger partial charge on any atom is 0.265 e. The third-order valence-electron chi connectivity index (χ3n) is 2.69. The second-order valence-electron chi connectivity index (χ2n) is 3.74. The minimum absolute atomic E-state index is 0.0226. The number of rotatable bonds is 2. The van der Waals surface area contributed by atoms with Gasteiger partial charge in [0.25, 0.3) is 5.91 Å². The zero-order valence-electron chi connectivity index (χ0n) is 8.48. The lowest BCUT2D eigenvalue weighted by Crippen LogP contribution is -2.31. The van der Waals surface area contributed by atoms with Crippen molar-refractivity contribution < 1.29 is 9.59 Å². The molecule has 1 aromatic rings. The lowest BCUT2D eigenvalue weighted by atomic mass is 10.1. The van der Waals surface area contributed by atoms with E-state index in [-0.39, 0.29) is 17.7 Å². The van der Waals surface area contributed by atoms with Gasteiger partial charge in [0, 0.05) is 17.6 Å². The monoisotopic (exact) mass is 302 g/mol. The van der Waals surface area contributed by atoms with Gasteiger partial charge >= 0.3 is 0 Å². The Morgan fingerprint density at radius 3 is 2.81 bits per heavy atom. The maximum absolute atomic E-state index is 12.1. The number of carbonyl (C=O) groups excluding carboxylic acids is 2. The summed E-state index contributed by atoms with van der Waals surface area (Å²) in [5.41, 5.74) is 5.23. The van der Waals surface area contributed by atoms with E-state index in [1.165, 1.54) is 11.3 Å². The van der Waals surface area contributed by atoms with E-state index in [1.54, 1.807) is 4.90 Å². The van der Waals surface area contributed by atoms with E-state index in [1.807, 2.05) is 11.4 Å². The minimum Gasteiger partial charge on any atom is -0.369 e. The van der Waals surface area contributed by atoms with Crippen LogP contribution in [0.3, 0.4) is 0 Å². The Balaban J connectivity index is 2.08. The summed E-state index contributed by atoms with van der Waals surface area (Å²) in [6.45, 7) is 1.05. The third kappa shape index (κ3) is 2.12. The van der Waals surface area contributed by atoms with Crippen LogP contribution in [0.1, 0.15) is 16.1 Å². The molecular formula is C10H11BrN2O2S. The molecule has 6 heteroatoms. The number of primary amides is 1. The van der Waals surface area contributed by atoms with Gasteiger partial charge in [0.05, 0.1) is 5.92 Å². The summed E-state index contributed by atoms with van der Waals surface area (Å²) >= 11 is 4.73. The Hall–Kier alpha value is -0.880. The molecule has 0 radical (unpaired) electrons. The minimum atomic E-state index is -0.319. The van der Waals surface area contributed by atoms with Gasteiger partial charge in [-0.15, -0.1) is 11.3 Å². The second-order valence-corrected chi connectivity index (χ2v) is 5.51. The highest BCUT2D eigenvalue weighted by Crippen LogP contribution is 2.26. The van der Waals surface area contributed by atoms with Gasteiger partial charge < -0.3 is 10.6 Å². The predicted octanol–water partition coefficient (Wildman–Crippen LogP) is 1.46. The third-order valence-corrected chi connectivity index (χ3v) is 4.51. The molecule has 2 amide bonds. The van der Waals surface area contributed by atoms with Crippen LogP contribution < -0.4 is 5.73 Å². The number of amides is 2. The zero-order valence-corrected chi connectivity index (χ0v) is 10.9. The molecule has 1 aliphatic heterocycles. The zero-order chi connectivity index (χ0) is 11.7. The van der Waals surface area contributed by atoms with E-state index in [4.69, 9.17) is 5.73 Å². The van der Waals surface area contributed by atoms with Gasteiger partial charge in [-0.25, -0.2) is 0 Å². The number of hydrogen-bond donors (Lipinski definition) is 1. The Labute approximate surface area is 106 Å². The molecule has 2 rings (SSSR count). The highest BCUT2D eigenvalue weighted by molar-refractivity contribution is 9.10. The van der Waals surface area contributed by atoms with Crippen molar-refractivity contribution in [3.63, 3.8) is 0 Å². The van der Waals surface area contributed by atoms with Gasteiger partial charge in [0.1, 0.15) is 4.88 Å². The highest BCUT2D eigenvalue weighted by Gasteiger charge is 2.31. The summed E-state index contributed by atoms with van der Waals surface area (Å²) in [5.74, 6) is -0.533. The Morgan fingerprint density at radius 1 is 1.56 bits per heavy atom. The Morgan fingerprint density at radius 2 is 2.31 bits per heavy atom. The van der Waals surface area contributed by atoms with Crippen molar-refractivity contribution in [2.75, 3.05) is 13.1 Å². The standard InChI is InChI=1S/C10H11BrN2O2S/c11-7-2-4-16-8(7)10(15)13-3-1-6(5-13)9(12)14/h2,4,6H,1,3,5H2,(H2,12,14)/t6-/m0/s1. The van der Waals surface area contributed by atoms with E-state index >= 15 is 0 Å². The molecule has 1 saturated heterocycles. The van der Waals surface area contributed by atoms with Crippen LogP contribution in [0, 0.1) is 5.92 Å². The van der Waals surface area contributed by atoms with E-state index in [0.717, 1.165) is 4.47 Å². The van der Waals surface area contributed by atoms with Gasteiger partial charge in [-0.2, -0.15) is 0 Å². The van der Waals surface area contributed by atoms with Gasteiger partial charge in [0.15, 0.2) is 0 Å². The van der Waals surface area contributed by atoms with Crippen molar-refractivity contribution in [2.24, 2.45) is 11.7 Å². The molecule has 0 aromatic carbocycles. The van der Waals surface area contributed by atoms with Crippen LogP contribution in [0.5, 0.6) is 0 Å². The van der Waals surface area contributed by atoms with Crippen LogP contribution >= 0.6 is 27.3 Å². The smallest absolute Gasteiger partial charge is 0.265 e. The molecule has 2 heterocycles. The van der Waals surface area contributed by atoms with E-state index in [9.17, 15) is 9.59 Å². The first kappa shape index (κ1) is 11.6. The fourth-order valence-electron chi connectivity index (χ4n) is 1.77. The average molecular weight is 303 g/mol. The number of nitrogens with two attached hydrogens (primary N) is 1. The second kappa shape index (κ2) is 4.55. The molecule has 0 unspecified atom stereocenters. The number of likely N-dealkylation sites (tertiary alicyclic amines) is 1. The maximum atomic E-state index is 12.1. The molecule has 0 bridgehead atoms. The Kier molecular flexibility index (Phi) is 3.30. The quantitative estimate of drug-likeness (QED) is 0.899. The van der Waals surface area contributed by atoms with Crippen molar-refractivity contribution in [1.82, 2.24) is 4.90 Å². The Bertz CT molecular complexity index is 432. The van der Waals surface area contributed by atoms with Gasteiger partial charge in [-0.3, -0.25) is 9.59 Å². The van der Waals surface area contributed by atoms with Gasteiger partial charge in [0.2, 0.25) is 5.91 Å². The van der Waals surface area contributed by atoms with Crippen LogP contribution in [0.15, 0.2) is 15.9 Å². The summed E-state index contributed by atoms with van der Waals surface area (Å²) in [6.07, 6.45) is 0.671. The topological polar surface area (TPSA) is 63.4 Å². The fraction of sp³-hybridized carbons (Fsp3) is 0.400. The van der Waals surface area contributed by atoms with Crippen molar-refractivity contribution in [3.05, 3.63) is 20.8 Å². The molecule has 0 aliphatic carbocycles. The SMILES string of the molecule is NC(=O)[C@H]1CCN(C(=O)c2sccc2Br)C1. The lowest BCUT2D eigenvalue weighted by molar-refractivity contribution is -0.121. The molecule has 1 aromatic heterocycles. The largest absolute Gasteiger partial charge is 0.369 e. The van der Waals surface area contributed by atoms with Gasteiger partial charge in [-0.1, -0.05) is 0 Å². The summed E-state index contributed by atoms with van der Waals surface area (Å²) in [6, 6.07) is 1.85. The molecule has 0 spiro atoms. The van der Waals surface area contributed by atoms with Crippen LogP contribution in [0.4, 0.5) is 0 Å². The molecule has 1 fully saturated rings. The first-order valence-corrected chi connectivity index (χ1v) is 6.58. The summed E-state index contributed by atoms with van der Waals surface area (Å²) in [4.78, 5) is 25.4. The summed E-state index contributed by atoms with van der Waals surface area (Å²) < 4.78 is 0.810. The van der Waals surface area contributed by atoms with E-state index in [2.05, 4.69) is 15.9 Å². The van der Waals surface area contributed by atoms with Crippen LogP contribution in [-0.4, -0.2) is 29.8 Å². The average Bonchev–Trinajstić information content (AvgIpc) is 2.84. The molecule has 86 valence electrons. The van der Waals surface area contributed by atoms with Crippen LogP contribution in [-0.2, 0) is 4.79 Å². The number of halogens is 1. The number of nitrogens with zero attached hydrogens (tertiary/aromatic N) is 1. The molecular weight excluding hydrogens is 292 g/mol. The fourth-order valence-corrected chi connectivity index (χ4v) is 3.27. The highest BCUT2D eigenvalue weighted by atomic mass is 79.9. The molecule has 16 heavy (non-hydrogen) atoms. The van der Waals surface area contributed by atoms with Crippen molar-refractivity contribution in [2.45, 2.75) is 6.42 Å². The molecule has 1 atom stereocenters. The first-order chi connectivity index (χ1) is 7.59. The van der Waals surface area contributed by atoms with Crippen molar-refractivity contribution >= 4 is 39.1 Å². The van der Waals surface area contributed by atoms with Gasteiger partial charge in [-0.05, 0) is 33.8 Å². The first-order valence-electron chi connectivity index (χ1n) is 4.91. The normalized spacial score (nSPS) is 20.1. The number of carbonyl (C=O) groups is 2.